The molecular formula is C18H21NO4. The van der Waals surface area contributed by atoms with Crippen molar-refractivity contribution < 1.29 is 24.2 Å². The minimum Gasteiger partial charge on any atom is -0.870 e. The van der Waals surface area contributed by atoms with Crippen molar-refractivity contribution in [1.29, 1.82) is 0 Å². The second-order valence-electron chi connectivity index (χ2n) is 8.26. The third-order valence-corrected chi connectivity index (χ3v) is 7.05. The summed E-state index contributed by atoms with van der Waals surface area (Å²) in [6, 6.07) is 3.46. The number of quaternary nitrogens is 1. The molecule has 23 heavy (non-hydrogen) atoms. The minimum absolute atomic E-state index is 0.0316. The van der Waals surface area contributed by atoms with E-state index in [1.165, 1.54) is 0 Å². The van der Waals surface area contributed by atoms with Crippen molar-refractivity contribution in [2.45, 2.75) is 48.8 Å². The van der Waals surface area contributed by atoms with Gasteiger partial charge in [-0.25, -0.2) is 0 Å². The Balaban J connectivity index is 1.88. The van der Waals surface area contributed by atoms with E-state index in [0.717, 1.165) is 28.6 Å². The molecule has 5 nitrogen and oxygen atoms in total. The maximum atomic E-state index is 12.6. The Bertz CT molecular complexity index is 758. The molecule has 0 radical (unpaired) electrons. The monoisotopic (exact) mass is 315 g/mol. The van der Waals surface area contributed by atoms with Gasteiger partial charge in [-0.15, -0.1) is 0 Å². The fraction of sp³-hybridized carbons (Fsp3) is 0.611. The van der Waals surface area contributed by atoms with Crippen LogP contribution in [0, 0.1) is 0 Å². The number of likely N-dealkylation sites (tertiary alicyclic amines) is 1. The fourth-order valence-corrected chi connectivity index (χ4v) is 5.94. The molecular weight excluding hydrogens is 294 g/mol. The number of piperidine rings is 1. The molecule has 2 fully saturated rings. The molecule has 4 aliphatic rings. The molecule has 1 saturated carbocycles. The van der Waals surface area contributed by atoms with Crippen molar-refractivity contribution in [3.8, 4) is 11.5 Å². The van der Waals surface area contributed by atoms with Gasteiger partial charge in [-0.3, -0.25) is 4.79 Å². The van der Waals surface area contributed by atoms with Crippen LogP contribution in [0.4, 0.5) is 0 Å². The van der Waals surface area contributed by atoms with E-state index in [2.05, 4.69) is 14.1 Å². The van der Waals surface area contributed by atoms with Gasteiger partial charge in [0.25, 0.3) is 0 Å². The molecule has 4 atom stereocenters. The molecule has 1 aromatic carbocycles. The first-order valence-electron chi connectivity index (χ1n) is 8.39. The number of Topliss-reactive ketones (excluding diaryl/α,β-unsaturated/α-hetero) is 1. The standard InChI is InChI=1S/C18H21NO4/c1-19(2)8-7-17-14-10-3-4-11(20)15(14)23-16(17)12(21)5-6-18(17,22)13(19)9-10/h3-4,13,16,22H,5-9H2,1-2H3/t13-,16?,17+,18+/m1/s1. The van der Waals surface area contributed by atoms with Gasteiger partial charge in [0.1, 0.15) is 17.4 Å². The van der Waals surface area contributed by atoms with Crippen LogP contribution < -0.4 is 9.84 Å². The summed E-state index contributed by atoms with van der Waals surface area (Å²) in [7, 11) is 4.31. The van der Waals surface area contributed by atoms with Crippen LogP contribution in [0.3, 0.4) is 0 Å². The lowest BCUT2D eigenvalue weighted by Gasteiger charge is -2.63. The molecule has 2 bridgehead atoms. The van der Waals surface area contributed by atoms with Gasteiger partial charge in [0.15, 0.2) is 11.9 Å². The van der Waals surface area contributed by atoms with E-state index in [-0.39, 0.29) is 17.6 Å². The largest absolute Gasteiger partial charge is 0.870 e. The summed E-state index contributed by atoms with van der Waals surface area (Å²) in [6.07, 6.45) is 1.54. The van der Waals surface area contributed by atoms with E-state index in [1.807, 2.05) is 6.07 Å². The van der Waals surface area contributed by atoms with Gasteiger partial charge in [0, 0.05) is 24.8 Å². The Hall–Kier alpha value is -1.59. The first-order chi connectivity index (χ1) is 10.8. The Kier molecular flexibility index (Phi) is 2.24. The van der Waals surface area contributed by atoms with Crippen molar-refractivity contribution in [3.05, 3.63) is 23.3 Å². The van der Waals surface area contributed by atoms with Gasteiger partial charge in [-0.2, -0.15) is 0 Å². The molecule has 2 aliphatic carbocycles. The van der Waals surface area contributed by atoms with Crippen molar-refractivity contribution in [2.75, 3.05) is 20.6 Å². The summed E-state index contributed by atoms with van der Waals surface area (Å²) in [5, 5.41) is 24.1. The van der Waals surface area contributed by atoms with Crippen molar-refractivity contribution in [2.24, 2.45) is 0 Å². The zero-order chi connectivity index (χ0) is 16.2. The van der Waals surface area contributed by atoms with E-state index >= 15 is 0 Å². The lowest BCUT2D eigenvalue weighted by atomic mass is 9.48. The number of rotatable bonds is 0. The minimum atomic E-state index is -0.973. The molecule has 1 saturated heterocycles. The Labute approximate surface area is 135 Å². The molecule has 5 rings (SSSR count). The molecule has 2 aliphatic heterocycles. The first-order valence-corrected chi connectivity index (χ1v) is 8.39. The van der Waals surface area contributed by atoms with Crippen LogP contribution >= 0.6 is 0 Å². The third kappa shape index (κ3) is 1.28. The molecule has 1 spiro atoms. The second kappa shape index (κ2) is 3.73. The molecule has 1 unspecified atom stereocenters. The van der Waals surface area contributed by atoms with E-state index < -0.39 is 17.1 Å². The fourth-order valence-electron chi connectivity index (χ4n) is 5.94. The van der Waals surface area contributed by atoms with Crippen LogP contribution in [0.5, 0.6) is 11.5 Å². The van der Waals surface area contributed by atoms with Crippen molar-refractivity contribution in [1.82, 2.24) is 0 Å². The molecule has 1 aromatic rings. The number of carbonyl (C=O) groups is 1. The number of nitrogens with zero attached hydrogens (tertiary/aromatic N) is 1. The Morgan fingerprint density at radius 3 is 2.91 bits per heavy atom. The van der Waals surface area contributed by atoms with Crippen molar-refractivity contribution >= 4 is 5.78 Å². The van der Waals surface area contributed by atoms with Gasteiger partial charge in [-0.05, 0) is 12.0 Å². The number of aliphatic hydroxyl groups is 1. The van der Waals surface area contributed by atoms with Crippen molar-refractivity contribution in [3.63, 3.8) is 0 Å². The lowest BCUT2D eigenvalue weighted by molar-refractivity contribution is -0.931. The normalized spacial score (nSPS) is 42.1. The van der Waals surface area contributed by atoms with Crippen LogP contribution in [0.2, 0.25) is 0 Å². The van der Waals surface area contributed by atoms with Crippen LogP contribution in [0.1, 0.15) is 30.4 Å². The van der Waals surface area contributed by atoms with E-state index in [9.17, 15) is 15.0 Å². The van der Waals surface area contributed by atoms with Gasteiger partial charge in [-0.1, -0.05) is 17.9 Å². The predicted octanol–water partition coefficient (Wildman–Crippen LogP) is 0.258. The maximum absolute atomic E-state index is 12.6. The first kappa shape index (κ1) is 13.8. The molecule has 122 valence electrons. The smallest absolute Gasteiger partial charge is 0.174 e. The lowest BCUT2D eigenvalue weighted by Crippen LogP contribution is -2.79. The number of hydrogen-bond donors (Lipinski definition) is 1. The quantitative estimate of drug-likeness (QED) is 0.697. The summed E-state index contributed by atoms with van der Waals surface area (Å²) in [4.78, 5) is 12.6. The molecule has 0 amide bonds. The topological polar surface area (TPSA) is 69.6 Å². The number of benzene rings is 1. The third-order valence-electron chi connectivity index (χ3n) is 7.05. The average Bonchev–Trinajstić information content (AvgIpc) is 2.86. The van der Waals surface area contributed by atoms with E-state index in [1.54, 1.807) is 6.07 Å². The number of likely N-dealkylation sites (N-methyl/N-ethyl adjacent to an activating group) is 1. The summed E-state index contributed by atoms with van der Waals surface area (Å²) in [5.41, 5.74) is 0.239. The average molecular weight is 315 g/mol. The molecule has 5 heteroatoms. The highest BCUT2D eigenvalue weighted by molar-refractivity contribution is 5.89. The van der Waals surface area contributed by atoms with Gasteiger partial charge < -0.3 is 19.4 Å². The predicted molar refractivity (Wildman–Crippen MR) is 80.3 cm³/mol. The van der Waals surface area contributed by atoms with Gasteiger partial charge in [0.05, 0.1) is 26.1 Å². The van der Waals surface area contributed by atoms with Crippen LogP contribution in [0.25, 0.3) is 0 Å². The SMILES string of the molecule is C[N+]1(C)CC[C@]23c4c5ccc([O-])c4OC2C(=O)CC[C@]3(O)[C@H]1C5. The molecule has 0 aromatic heterocycles. The zero-order valence-electron chi connectivity index (χ0n) is 13.5. The number of carbonyl (C=O) groups excluding carboxylic acids is 1. The molecule has 2 heterocycles. The highest BCUT2D eigenvalue weighted by Crippen LogP contribution is 2.65. The summed E-state index contributed by atoms with van der Waals surface area (Å²) in [6.45, 7) is 0.877. The Morgan fingerprint density at radius 2 is 2.13 bits per heavy atom. The highest BCUT2D eigenvalue weighted by Gasteiger charge is 2.75. The van der Waals surface area contributed by atoms with Crippen LogP contribution in [0.15, 0.2) is 12.1 Å². The van der Waals surface area contributed by atoms with Gasteiger partial charge >= 0.3 is 0 Å². The zero-order valence-corrected chi connectivity index (χ0v) is 13.5. The van der Waals surface area contributed by atoms with E-state index in [4.69, 9.17) is 4.74 Å². The van der Waals surface area contributed by atoms with Gasteiger partial charge in [0.2, 0.25) is 0 Å². The summed E-state index contributed by atoms with van der Waals surface area (Å²) in [5.74, 6) is 0.191. The number of hydrogen-bond acceptors (Lipinski definition) is 4. The second-order valence-corrected chi connectivity index (χ2v) is 8.26. The highest BCUT2D eigenvalue weighted by atomic mass is 16.5. The summed E-state index contributed by atoms with van der Waals surface area (Å²) >= 11 is 0. The Morgan fingerprint density at radius 1 is 1.35 bits per heavy atom. The van der Waals surface area contributed by atoms with Crippen LogP contribution in [-0.2, 0) is 16.6 Å². The summed E-state index contributed by atoms with van der Waals surface area (Å²) < 4.78 is 6.67. The number of ketones is 1. The molecule has 1 N–H and O–H groups in total. The van der Waals surface area contributed by atoms with Crippen LogP contribution in [-0.4, -0.2) is 53.8 Å². The van der Waals surface area contributed by atoms with E-state index in [0.29, 0.717) is 25.0 Å². The maximum Gasteiger partial charge on any atom is 0.174 e. The number of ether oxygens (including phenoxy) is 1.